The van der Waals surface area contributed by atoms with Gasteiger partial charge in [-0.3, -0.25) is 0 Å². The molecule has 0 saturated heterocycles. The number of pyridine rings is 2. The van der Waals surface area contributed by atoms with Crippen molar-refractivity contribution >= 4 is 10.0 Å². The van der Waals surface area contributed by atoms with Crippen molar-refractivity contribution in [1.82, 2.24) is 13.9 Å². The first-order chi connectivity index (χ1) is 10.9. The largest absolute Gasteiger partial charge is 0.285 e. The Morgan fingerprint density at radius 2 is 1.87 bits per heavy atom. The van der Waals surface area contributed by atoms with E-state index in [1.165, 1.54) is 30.5 Å². The van der Waals surface area contributed by atoms with Crippen molar-refractivity contribution in [2.45, 2.75) is 11.9 Å². The van der Waals surface area contributed by atoms with Crippen LogP contribution in [0.15, 0.2) is 53.8 Å². The summed E-state index contributed by atoms with van der Waals surface area (Å²) >= 11 is 0. The summed E-state index contributed by atoms with van der Waals surface area (Å²) in [7, 11) is -4.17. The minimum Gasteiger partial charge on any atom is -0.240 e. The molecule has 3 aromatic rings. The summed E-state index contributed by atoms with van der Waals surface area (Å²) in [5, 5.41) is -0.251. The Morgan fingerprint density at radius 3 is 2.57 bits per heavy atom. The Bertz CT molecular complexity index is 984. The maximum Gasteiger partial charge on any atom is 0.285 e. The molecule has 23 heavy (non-hydrogen) atoms. The molecule has 0 fully saturated rings. The summed E-state index contributed by atoms with van der Waals surface area (Å²) in [5.74, 6) is -1.83. The van der Waals surface area contributed by atoms with Gasteiger partial charge in [0, 0.05) is 18.1 Å². The molecule has 0 amide bonds. The molecule has 0 unspecified atom stereocenters. The van der Waals surface area contributed by atoms with E-state index in [2.05, 4.69) is 9.97 Å². The van der Waals surface area contributed by atoms with Crippen LogP contribution in [0.3, 0.4) is 0 Å². The summed E-state index contributed by atoms with van der Waals surface area (Å²) in [6.07, 6.45) is 2.22. The molecule has 3 heterocycles. The van der Waals surface area contributed by atoms with E-state index < -0.39 is 27.5 Å². The average Bonchev–Trinajstić information content (AvgIpc) is 2.90. The Balaban J connectivity index is 2.25. The van der Waals surface area contributed by atoms with E-state index in [4.69, 9.17) is 0 Å². The van der Waals surface area contributed by atoms with Crippen molar-refractivity contribution < 1.29 is 17.2 Å². The smallest absolute Gasteiger partial charge is 0.240 e. The van der Waals surface area contributed by atoms with Crippen LogP contribution in [0.25, 0.3) is 11.3 Å². The van der Waals surface area contributed by atoms with Gasteiger partial charge in [0.15, 0.2) is 5.03 Å². The predicted octanol–water partition coefficient (Wildman–Crippen LogP) is 2.77. The van der Waals surface area contributed by atoms with Gasteiger partial charge in [0.2, 0.25) is 5.95 Å². The minimum atomic E-state index is -4.17. The molecule has 0 bridgehead atoms. The topological polar surface area (TPSA) is 64.8 Å². The second-order valence-corrected chi connectivity index (χ2v) is 6.53. The zero-order valence-corrected chi connectivity index (χ0v) is 12.8. The number of nitrogens with zero attached hydrogens (tertiary/aromatic N) is 3. The number of aromatic nitrogens is 3. The lowest BCUT2D eigenvalue weighted by Gasteiger charge is -2.10. The minimum absolute atomic E-state index is 0.244. The summed E-state index contributed by atoms with van der Waals surface area (Å²) in [6, 6.07) is 8.07. The summed E-state index contributed by atoms with van der Waals surface area (Å²) in [6.45, 7) is 1.64. The molecule has 0 N–H and O–H groups in total. The Kier molecular flexibility index (Phi) is 3.69. The van der Waals surface area contributed by atoms with Crippen molar-refractivity contribution in [3.63, 3.8) is 0 Å². The van der Waals surface area contributed by atoms with E-state index >= 15 is 0 Å². The summed E-state index contributed by atoms with van der Waals surface area (Å²) < 4.78 is 54.0. The van der Waals surface area contributed by atoms with Crippen LogP contribution in [0.4, 0.5) is 8.78 Å². The molecule has 3 aromatic heterocycles. The fourth-order valence-electron chi connectivity index (χ4n) is 2.16. The van der Waals surface area contributed by atoms with E-state index in [-0.39, 0.29) is 10.6 Å². The van der Waals surface area contributed by atoms with Crippen LogP contribution < -0.4 is 0 Å². The van der Waals surface area contributed by atoms with Gasteiger partial charge in [-0.2, -0.15) is 12.8 Å². The van der Waals surface area contributed by atoms with Gasteiger partial charge < -0.3 is 0 Å². The molecule has 0 aliphatic rings. The molecule has 3 rings (SSSR count). The van der Waals surface area contributed by atoms with Gasteiger partial charge in [-0.05, 0) is 37.3 Å². The maximum absolute atomic E-state index is 14.1. The van der Waals surface area contributed by atoms with Crippen molar-refractivity contribution in [2.24, 2.45) is 0 Å². The molecular formula is C15H11F2N3O2S. The highest BCUT2D eigenvalue weighted by Gasteiger charge is 2.26. The summed E-state index contributed by atoms with van der Waals surface area (Å²) in [5.41, 5.74) is -0.169. The number of rotatable bonds is 3. The van der Waals surface area contributed by atoms with Crippen LogP contribution >= 0.6 is 0 Å². The Labute approximate surface area is 131 Å². The van der Waals surface area contributed by atoms with Crippen LogP contribution in [-0.2, 0) is 10.0 Å². The molecule has 0 saturated carbocycles. The fraction of sp³-hybridized carbons (Fsp3) is 0.0667. The van der Waals surface area contributed by atoms with Crippen LogP contribution in [0, 0.1) is 18.7 Å². The Morgan fingerprint density at radius 1 is 1.09 bits per heavy atom. The lowest BCUT2D eigenvalue weighted by atomic mass is 10.2. The fourth-order valence-corrected chi connectivity index (χ4v) is 3.52. The first-order valence-electron chi connectivity index (χ1n) is 6.58. The van der Waals surface area contributed by atoms with Crippen molar-refractivity contribution in [3.8, 4) is 11.3 Å². The number of aryl methyl sites for hydroxylation is 1. The van der Waals surface area contributed by atoms with Crippen LogP contribution in [0.5, 0.6) is 0 Å². The van der Waals surface area contributed by atoms with E-state index in [1.54, 1.807) is 13.0 Å². The first-order valence-corrected chi connectivity index (χ1v) is 8.02. The van der Waals surface area contributed by atoms with Crippen LogP contribution in [0.2, 0.25) is 0 Å². The van der Waals surface area contributed by atoms with Crippen molar-refractivity contribution in [1.29, 1.82) is 0 Å². The average molecular weight is 335 g/mol. The molecule has 5 nitrogen and oxygen atoms in total. The number of halogens is 2. The lowest BCUT2D eigenvalue weighted by Crippen LogP contribution is -2.15. The standard InChI is InChI=1S/C15H11F2N3O2S/c1-10-4-2-6-13(19-10)23(21,22)20-9-7-12(16)14(20)11-5-3-8-18-15(11)17/h2-9H,1H3. The normalized spacial score (nSPS) is 11.6. The van der Waals surface area contributed by atoms with Crippen molar-refractivity contribution in [3.05, 3.63) is 66.3 Å². The number of hydrogen-bond acceptors (Lipinski definition) is 4. The third kappa shape index (κ3) is 2.61. The molecule has 8 heteroatoms. The molecular weight excluding hydrogens is 324 g/mol. The Hall–Kier alpha value is -2.61. The first kappa shape index (κ1) is 15.3. The molecule has 0 radical (unpaired) electrons. The maximum atomic E-state index is 14.1. The van der Waals surface area contributed by atoms with Crippen LogP contribution in [-0.4, -0.2) is 22.4 Å². The van der Waals surface area contributed by atoms with E-state index in [0.717, 1.165) is 12.3 Å². The van der Waals surface area contributed by atoms with E-state index in [1.807, 2.05) is 0 Å². The van der Waals surface area contributed by atoms with Gasteiger partial charge in [0.25, 0.3) is 10.0 Å². The molecule has 0 aromatic carbocycles. The second-order valence-electron chi connectivity index (χ2n) is 4.77. The van der Waals surface area contributed by atoms with E-state index in [9.17, 15) is 17.2 Å². The highest BCUT2D eigenvalue weighted by Crippen LogP contribution is 2.28. The van der Waals surface area contributed by atoms with Gasteiger partial charge in [0.05, 0.1) is 5.56 Å². The van der Waals surface area contributed by atoms with Gasteiger partial charge in [0.1, 0.15) is 11.5 Å². The molecule has 118 valence electrons. The molecule has 0 spiro atoms. The molecule has 0 aliphatic carbocycles. The zero-order valence-electron chi connectivity index (χ0n) is 11.9. The number of hydrogen-bond donors (Lipinski definition) is 0. The third-order valence-corrected chi connectivity index (χ3v) is 4.78. The lowest BCUT2D eigenvalue weighted by molar-refractivity contribution is 0.575. The van der Waals surface area contributed by atoms with Crippen LogP contribution in [0.1, 0.15) is 5.69 Å². The van der Waals surface area contributed by atoms with Gasteiger partial charge in [-0.15, -0.1) is 0 Å². The SMILES string of the molecule is Cc1cccc(S(=O)(=O)n2ccc(F)c2-c2cccnc2F)n1. The van der Waals surface area contributed by atoms with Gasteiger partial charge in [-0.1, -0.05) is 6.07 Å². The van der Waals surface area contributed by atoms with Gasteiger partial charge in [-0.25, -0.2) is 18.3 Å². The third-order valence-electron chi connectivity index (χ3n) is 3.20. The predicted molar refractivity (Wildman–Crippen MR) is 79.1 cm³/mol. The van der Waals surface area contributed by atoms with Crippen molar-refractivity contribution in [2.75, 3.05) is 0 Å². The summed E-state index contributed by atoms with van der Waals surface area (Å²) in [4.78, 5) is 7.38. The molecule has 0 aliphatic heterocycles. The molecule has 0 atom stereocenters. The van der Waals surface area contributed by atoms with Gasteiger partial charge >= 0.3 is 0 Å². The highest BCUT2D eigenvalue weighted by molar-refractivity contribution is 7.90. The quantitative estimate of drug-likeness (QED) is 0.691. The van der Waals surface area contributed by atoms with E-state index in [0.29, 0.717) is 9.67 Å². The highest BCUT2D eigenvalue weighted by atomic mass is 32.2. The monoisotopic (exact) mass is 335 g/mol. The second kappa shape index (κ2) is 5.54. The zero-order chi connectivity index (χ0) is 16.6.